The molecular weight excluding hydrogens is 401 g/mol. The van der Waals surface area contributed by atoms with Gasteiger partial charge in [-0.05, 0) is 30.7 Å². The van der Waals surface area contributed by atoms with E-state index in [9.17, 15) is 24.4 Å². The van der Waals surface area contributed by atoms with Crippen LogP contribution in [0.2, 0.25) is 0 Å². The van der Waals surface area contributed by atoms with Crippen molar-refractivity contribution >= 4 is 25.0 Å². The minimum atomic E-state index is -1.72. The second-order valence-electron chi connectivity index (χ2n) is 8.09. The fourth-order valence-electron chi connectivity index (χ4n) is 4.03. The van der Waals surface area contributed by atoms with Crippen molar-refractivity contribution in [3.05, 3.63) is 35.9 Å². The minimum Gasteiger partial charge on any atom is -0.453 e. The van der Waals surface area contributed by atoms with E-state index < -0.39 is 36.6 Å². The highest BCUT2D eigenvalue weighted by molar-refractivity contribution is 6.43. The third-order valence-electron chi connectivity index (χ3n) is 5.91. The van der Waals surface area contributed by atoms with Gasteiger partial charge in [0.25, 0.3) is 0 Å². The Morgan fingerprint density at radius 3 is 2.42 bits per heavy atom. The quantitative estimate of drug-likeness (QED) is 0.453. The van der Waals surface area contributed by atoms with Crippen LogP contribution < -0.4 is 10.6 Å². The zero-order valence-electron chi connectivity index (χ0n) is 18.5. The van der Waals surface area contributed by atoms with Crippen LogP contribution in [0, 0.1) is 5.92 Å². The van der Waals surface area contributed by atoms with Gasteiger partial charge >= 0.3 is 13.2 Å². The maximum Gasteiger partial charge on any atom is 0.475 e. The third-order valence-corrected chi connectivity index (χ3v) is 5.91. The number of likely N-dealkylation sites (tertiary alicyclic amines) is 1. The van der Waals surface area contributed by atoms with Crippen LogP contribution in [0.15, 0.2) is 30.3 Å². The molecule has 1 fully saturated rings. The summed E-state index contributed by atoms with van der Waals surface area (Å²) in [6, 6.07) is 7.84. The third kappa shape index (κ3) is 5.37. The predicted octanol–water partition coefficient (Wildman–Crippen LogP) is 1.01. The molecule has 0 spiro atoms. The molecule has 9 nitrogen and oxygen atoms in total. The summed E-state index contributed by atoms with van der Waals surface area (Å²) in [5.41, 5.74) is -0.618. The number of benzene rings is 1. The fraction of sp³-hybridized carbons (Fsp3) is 0.571. The lowest BCUT2D eigenvalue weighted by molar-refractivity contribution is -0.151. The molecule has 1 saturated heterocycles. The van der Waals surface area contributed by atoms with E-state index >= 15 is 0 Å². The molecule has 1 aromatic rings. The Kier molecular flexibility index (Phi) is 8.47. The SMILES string of the molecule is CC[C@H](NC(=O)C(c1ccccc1)N1CCCC(NC(=O)OC)(C(C)C)C1=O)B(O)O. The Morgan fingerprint density at radius 1 is 1.26 bits per heavy atom. The molecule has 1 aromatic carbocycles. The van der Waals surface area contributed by atoms with Crippen LogP contribution in [0.5, 0.6) is 0 Å². The number of hydrogen-bond donors (Lipinski definition) is 4. The van der Waals surface area contributed by atoms with E-state index in [2.05, 4.69) is 10.6 Å². The number of amides is 3. The van der Waals surface area contributed by atoms with E-state index in [4.69, 9.17) is 4.74 Å². The number of alkyl carbamates (subject to hydrolysis) is 1. The zero-order valence-corrected chi connectivity index (χ0v) is 18.5. The summed E-state index contributed by atoms with van der Waals surface area (Å²) < 4.78 is 4.74. The van der Waals surface area contributed by atoms with Crippen molar-refractivity contribution in [2.45, 2.75) is 57.6 Å². The molecule has 1 aliphatic rings. The summed E-state index contributed by atoms with van der Waals surface area (Å²) in [5.74, 6) is -2.01. The highest BCUT2D eigenvalue weighted by Gasteiger charge is 2.50. The molecule has 0 radical (unpaired) electrons. The molecule has 0 saturated carbocycles. The van der Waals surface area contributed by atoms with Gasteiger partial charge in [-0.2, -0.15) is 0 Å². The maximum atomic E-state index is 13.7. The van der Waals surface area contributed by atoms with Gasteiger partial charge < -0.3 is 30.3 Å². The molecule has 4 N–H and O–H groups in total. The van der Waals surface area contributed by atoms with E-state index in [0.29, 0.717) is 31.4 Å². The van der Waals surface area contributed by atoms with Gasteiger partial charge in [-0.1, -0.05) is 51.1 Å². The molecule has 0 bridgehead atoms. The van der Waals surface area contributed by atoms with Crippen molar-refractivity contribution in [3.8, 4) is 0 Å². The molecule has 10 heteroatoms. The molecular formula is C21H32BN3O6. The van der Waals surface area contributed by atoms with E-state index in [1.54, 1.807) is 37.3 Å². The van der Waals surface area contributed by atoms with Crippen molar-refractivity contribution in [1.82, 2.24) is 15.5 Å². The van der Waals surface area contributed by atoms with Gasteiger partial charge in [-0.25, -0.2) is 4.79 Å². The monoisotopic (exact) mass is 433 g/mol. The first kappa shape index (κ1) is 24.7. The predicted molar refractivity (Wildman–Crippen MR) is 116 cm³/mol. The number of nitrogens with one attached hydrogen (secondary N) is 2. The van der Waals surface area contributed by atoms with Crippen molar-refractivity contribution in [2.75, 3.05) is 13.7 Å². The number of carbonyl (C=O) groups is 3. The number of ether oxygens (including phenoxy) is 1. The van der Waals surface area contributed by atoms with E-state index in [-0.39, 0.29) is 11.8 Å². The normalized spacial score (nSPS) is 20.7. The van der Waals surface area contributed by atoms with Gasteiger partial charge in [-0.15, -0.1) is 0 Å². The van der Waals surface area contributed by atoms with Crippen molar-refractivity contribution in [1.29, 1.82) is 0 Å². The summed E-state index contributed by atoms with van der Waals surface area (Å²) in [6.07, 6.45) is 0.591. The zero-order chi connectivity index (χ0) is 23.2. The molecule has 31 heavy (non-hydrogen) atoms. The Morgan fingerprint density at radius 2 is 1.90 bits per heavy atom. The molecule has 1 heterocycles. The average Bonchev–Trinajstić information content (AvgIpc) is 2.75. The number of hydrogen-bond acceptors (Lipinski definition) is 6. The van der Waals surface area contributed by atoms with E-state index in [1.807, 2.05) is 13.8 Å². The van der Waals surface area contributed by atoms with Gasteiger partial charge in [0.2, 0.25) is 11.8 Å². The summed E-state index contributed by atoms with van der Waals surface area (Å²) in [7, 11) is -0.488. The molecule has 170 valence electrons. The Bertz CT molecular complexity index is 776. The summed E-state index contributed by atoms with van der Waals surface area (Å²) >= 11 is 0. The minimum absolute atomic E-state index is 0.246. The smallest absolute Gasteiger partial charge is 0.453 e. The van der Waals surface area contributed by atoms with Crippen molar-refractivity contribution < 1.29 is 29.2 Å². The van der Waals surface area contributed by atoms with Crippen LogP contribution >= 0.6 is 0 Å². The van der Waals surface area contributed by atoms with Gasteiger partial charge in [0.15, 0.2) is 0 Å². The first-order valence-electron chi connectivity index (χ1n) is 10.6. The van der Waals surface area contributed by atoms with Crippen molar-refractivity contribution in [3.63, 3.8) is 0 Å². The fourth-order valence-corrected chi connectivity index (χ4v) is 4.03. The second kappa shape index (κ2) is 10.6. The molecule has 0 aliphatic carbocycles. The van der Waals surface area contributed by atoms with Crippen LogP contribution in [0.25, 0.3) is 0 Å². The summed E-state index contributed by atoms with van der Waals surface area (Å²) in [4.78, 5) is 40.5. The average molecular weight is 433 g/mol. The van der Waals surface area contributed by atoms with E-state index in [1.165, 1.54) is 12.0 Å². The van der Waals surface area contributed by atoms with Gasteiger partial charge in [-0.3, -0.25) is 9.59 Å². The van der Waals surface area contributed by atoms with Crippen LogP contribution in [-0.4, -0.2) is 65.1 Å². The highest BCUT2D eigenvalue weighted by Crippen LogP contribution is 2.35. The van der Waals surface area contributed by atoms with Crippen LogP contribution in [-0.2, 0) is 14.3 Å². The van der Waals surface area contributed by atoms with Crippen LogP contribution in [0.1, 0.15) is 51.6 Å². The number of nitrogens with zero attached hydrogens (tertiary/aromatic N) is 1. The lowest BCUT2D eigenvalue weighted by Crippen LogP contribution is -2.66. The first-order valence-corrected chi connectivity index (χ1v) is 10.6. The molecule has 1 aliphatic heterocycles. The highest BCUT2D eigenvalue weighted by atomic mass is 16.5. The Hall–Kier alpha value is -2.59. The summed E-state index contributed by atoms with van der Waals surface area (Å²) in [5, 5.41) is 24.5. The first-order chi connectivity index (χ1) is 14.7. The Labute approximate surface area is 183 Å². The van der Waals surface area contributed by atoms with Gasteiger partial charge in [0, 0.05) is 6.54 Å². The molecule has 3 atom stereocenters. The number of rotatable bonds is 8. The van der Waals surface area contributed by atoms with E-state index in [0.717, 1.165) is 0 Å². The molecule has 0 aromatic heterocycles. The Balaban J connectivity index is 2.46. The largest absolute Gasteiger partial charge is 0.475 e. The number of piperidine rings is 1. The number of carbonyl (C=O) groups excluding carboxylic acids is 3. The topological polar surface area (TPSA) is 128 Å². The molecule has 2 unspecified atom stereocenters. The standard InChI is InChI=1S/C21H32BN3O6/c1-5-16(22(29)30)23-18(26)17(15-10-7-6-8-11-15)25-13-9-12-21(14(2)3,19(25)27)24-20(28)31-4/h6-8,10-11,14,16-17,29-30H,5,9,12-13H2,1-4H3,(H,23,26)(H,24,28)/t16-,17?,21?/m0/s1. The number of methoxy groups -OCH3 is 1. The maximum absolute atomic E-state index is 13.7. The van der Waals surface area contributed by atoms with Crippen LogP contribution in [0.4, 0.5) is 4.79 Å². The van der Waals surface area contributed by atoms with Crippen LogP contribution in [0.3, 0.4) is 0 Å². The van der Waals surface area contributed by atoms with Gasteiger partial charge in [0.1, 0.15) is 11.6 Å². The van der Waals surface area contributed by atoms with Crippen molar-refractivity contribution in [2.24, 2.45) is 5.92 Å². The second-order valence-corrected chi connectivity index (χ2v) is 8.09. The summed E-state index contributed by atoms with van der Waals surface area (Å²) in [6.45, 7) is 5.72. The lowest BCUT2D eigenvalue weighted by Gasteiger charge is -2.46. The van der Waals surface area contributed by atoms with Gasteiger partial charge in [0.05, 0.1) is 13.1 Å². The molecule has 2 rings (SSSR count). The lowest BCUT2D eigenvalue weighted by atomic mass is 9.76. The molecule has 3 amide bonds.